The minimum absolute atomic E-state index is 0.160. The van der Waals surface area contributed by atoms with Gasteiger partial charge in [0.05, 0.1) is 28.6 Å². The van der Waals surface area contributed by atoms with Crippen molar-refractivity contribution in [3.05, 3.63) is 28.8 Å². The minimum Gasteiger partial charge on any atom is -0.397 e. The van der Waals surface area contributed by atoms with E-state index in [0.717, 1.165) is 0 Å². The van der Waals surface area contributed by atoms with Crippen LogP contribution >= 0.6 is 0 Å². The van der Waals surface area contributed by atoms with Crippen LogP contribution in [0, 0.1) is 0 Å². The van der Waals surface area contributed by atoms with Gasteiger partial charge in [0.25, 0.3) is 5.56 Å². The molecule has 1 aromatic heterocycles. The molecule has 1 heterocycles. The Kier molecular flexibility index (Phi) is 3.35. The van der Waals surface area contributed by atoms with Crippen molar-refractivity contribution >= 4 is 28.2 Å². The van der Waals surface area contributed by atoms with Crippen molar-refractivity contribution in [2.45, 2.75) is 25.8 Å². The molecule has 0 radical (unpaired) electrons. The monoisotopic (exact) mass is 275 g/mol. The van der Waals surface area contributed by atoms with Crippen LogP contribution in [0.5, 0.6) is 0 Å². The highest BCUT2D eigenvalue weighted by Crippen LogP contribution is 2.27. The molecule has 1 amide bonds. The molecule has 0 aliphatic rings. The Morgan fingerprint density at radius 3 is 2.80 bits per heavy atom. The number of fused-ring (bicyclic) bond motifs is 1. The van der Waals surface area contributed by atoms with Crippen molar-refractivity contribution in [1.29, 1.82) is 0 Å². The second-order valence-electron chi connectivity index (χ2n) is 5.34. The number of aromatic nitrogens is 2. The lowest BCUT2D eigenvalue weighted by atomic mass is 9.99. The van der Waals surface area contributed by atoms with Crippen LogP contribution in [0.1, 0.15) is 20.3 Å². The van der Waals surface area contributed by atoms with Crippen LogP contribution in [0.2, 0.25) is 0 Å². The fraction of sp³-hybridized carbons (Fsp3) is 0.308. The first kappa shape index (κ1) is 13.9. The van der Waals surface area contributed by atoms with Gasteiger partial charge >= 0.3 is 0 Å². The Balaban J connectivity index is 2.43. The lowest BCUT2D eigenvalue weighted by Crippen LogP contribution is -2.36. The third kappa shape index (κ3) is 2.87. The number of primary amides is 1. The lowest BCUT2D eigenvalue weighted by Gasteiger charge is -2.27. The van der Waals surface area contributed by atoms with Gasteiger partial charge in [0.15, 0.2) is 0 Å². The maximum Gasteiger partial charge on any atom is 0.258 e. The van der Waals surface area contributed by atoms with Crippen LogP contribution < -0.4 is 22.3 Å². The number of hydrogen-bond acceptors (Lipinski definition) is 5. The van der Waals surface area contributed by atoms with Gasteiger partial charge in [0.2, 0.25) is 5.91 Å². The molecule has 0 atom stereocenters. The van der Waals surface area contributed by atoms with Gasteiger partial charge < -0.3 is 21.8 Å². The number of aromatic amines is 1. The predicted molar refractivity (Wildman–Crippen MR) is 78.3 cm³/mol. The van der Waals surface area contributed by atoms with E-state index in [1.165, 1.54) is 6.33 Å². The summed E-state index contributed by atoms with van der Waals surface area (Å²) < 4.78 is 0. The molecule has 0 fully saturated rings. The number of nitrogens with zero attached hydrogens (tertiary/aromatic N) is 1. The Bertz CT molecular complexity index is 720. The SMILES string of the molecule is CC(C)(CC(N)=O)Nc1cc2nc[nH]c(=O)c2cc1N. The molecular formula is C13H17N5O2. The van der Waals surface area contributed by atoms with E-state index in [4.69, 9.17) is 11.5 Å². The number of carbonyl (C=O) groups excluding carboxylic acids is 1. The van der Waals surface area contributed by atoms with E-state index in [1.54, 1.807) is 12.1 Å². The summed E-state index contributed by atoms with van der Waals surface area (Å²) in [6.07, 6.45) is 1.49. The topological polar surface area (TPSA) is 127 Å². The zero-order chi connectivity index (χ0) is 14.9. The molecule has 2 aromatic rings. The molecule has 20 heavy (non-hydrogen) atoms. The van der Waals surface area contributed by atoms with Crippen LogP contribution in [0.3, 0.4) is 0 Å². The summed E-state index contributed by atoms with van der Waals surface area (Å²) in [5, 5.41) is 3.57. The number of benzene rings is 1. The molecule has 0 spiro atoms. The highest BCUT2D eigenvalue weighted by Gasteiger charge is 2.21. The summed E-state index contributed by atoms with van der Waals surface area (Å²) in [6, 6.07) is 3.24. The third-order valence-electron chi connectivity index (χ3n) is 2.90. The molecule has 6 N–H and O–H groups in total. The molecule has 0 unspecified atom stereocenters. The van der Waals surface area contributed by atoms with Crippen LogP contribution in [-0.4, -0.2) is 21.4 Å². The van der Waals surface area contributed by atoms with E-state index in [2.05, 4.69) is 15.3 Å². The standard InChI is InChI=1S/C13H17N5O2/c1-13(2,5-11(15)19)18-10-4-9-7(3-8(10)14)12(20)17-6-16-9/h3-4,6,18H,5,14H2,1-2H3,(H2,15,19)(H,16,17,20). The lowest BCUT2D eigenvalue weighted by molar-refractivity contribution is -0.118. The van der Waals surface area contributed by atoms with Crippen molar-refractivity contribution in [3.63, 3.8) is 0 Å². The van der Waals surface area contributed by atoms with E-state index < -0.39 is 11.4 Å². The maximum atomic E-state index is 11.6. The normalized spacial score (nSPS) is 11.5. The zero-order valence-corrected chi connectivity index (χ0v) is 11.4. The second kappa shape index (κ2) is 4.84. The predicted octanol–water partition coefficient (Wildman–Crippen LogP) is 0.571. The Hall–Kier alpha value is -2.57. The third-order valence-corrected chi connectivity index (χ3v) is 2.90. The van der Waals surface area contributed by atoms with Gasteiger partial charge in [0, 0.05) is 12.0 Å². The summed E-state index contributed by atoms with van der Waals surface area (Å²) >= 11 is 0. The summed E-state index contributed by atoms with van der Waals surface area (Å²) in [5.74, 6) is -0.406. The smallest absolute Gasteiger partial charge is 0.258 e. The molecule has 7 nitrogen and oxygen atoms in total. The van der Waals surface area contributed by atoms with Gasteiger partial charge in [-0.1, -0.05) is 0 Å². The Labute approximate surface area is 115 Å². The van der Waals surface area contributed by atoms with Gasteiger partial charge in [-0.05, 0) is 26.0 Å². The fourth-order valence-corrected chi connectivity index (χ4v) is 2.08. The average molecular weight is 275 g/mol. The van der Waals surface area contributed by atoms with Crippen LogP contribution in [0.4, 0.5) is 11.4 Å². The van der Waals surface area contributed by atoms with Gasteiger partial charge in [-0.2, -0.15) is 0 Å². The summed E-state index contributed by atoms with van der Waals surface area (Å²) in [5.41, 5.74) is 11.9. The van der Waals surface area contributed by atoms with Crippen molar-refractivity contribution in [1.82, 2.24) is 9.97 Å². The molecule has 0 aliphatic heterocycles. The Morgan fingerprint density at radius 2 is 2.15 bits per heavy atom. The molecule has 1 aromatic carbocycles. The number of nitrogen functional groups attached to an aromatic ring is 1. The molecule has 0 saturated heterocycles. The number of rotatable bonds is 4. The summed E-state index contributed by atoms with van der Waals surface area (Å²) in [4.78, 5) is 29.3. The highest BCUT2D eigenvalue weighted by molar-refractivity contribution is 5.88. The number of hydrogen-bond donors (Lipinski definition) is 4. The van der Waals surface area contributed by atoms with Crippen molar-refractivity contribution in [3.8, 4) is 0 Å². The van der Waals surface area contributed by atoms with Gasteiger partial charge in [-0.3, -0.25) is 9.59 Å². The molecular weight excluding hydrogens is 258 g/mol. The Morgan fingerprint density at radius 1 is 1.45 bits per heavy atom. The van der Waals surface area contributed by atoms with E-state index in [-0.39, 0.29) is 12.0 Å². The molecule has 0 saturated carbocycles. The highest BCUT2D eigenvalue weighted by atomic mass is 16.1. The van der Waals surface area contributed by atoms with Gasteiger partial charge in [-0.25, -0.2) is 4.98 Å². The van der Waals surface area contributed by atoms with E-state index in [1.807, 2.05) is 13.8 Å². The van der Waals surface area contributed by atoms with Crippen LogP contribution in [-0.2, 0) is 4.79 Å². The van der Waals surface area contributed by atoms with E-state index >= 15 is 0 Å². The number of nitrogens with two attached hydrogens (primary N) is 2. The molecule has 106 valence electrons. The van der Waals surface area contributed by atoms with E-state index in [9.17, 15) is 9.59 Å². The van der Waals surface area contributed by atoms with Crippen LogP contribution in [0.15, 0.2) is 23.3 Å². The van der Waals surface area contributed by atoms with Gasteiger partial charge in [-0.15, -0.1) is 0 Å². The number of anilines is 2. The van der Waals surface area contributed by atoms with Gasteiger partial charge in [0.1, 0.15) is 0 Å². The largest absolute Gasteiger partial charge is 0.397 e. The second-order valence-corrected chi connectivity index (χ2v) is 5.34. The summed E-state index contributed by atoms with van der Waals surface area (Å²) in [6.45, 7) is 3.68. The zero-order valence-electron chi connectivity index (χ0n) is 11.4. The molecule has 0 aliphatic carbocycles. The van der Waals surface area contributed by atoms with Crippen molar-refractivity contribution < 1.29 is 4.79 Å². The number of amides is 1. The van der Waals surface area contributed by atoms with Crippen LogP contribution in [0.25, 0.3) is 10.9 Å². The first-order valence-electron chi connectivity index (χ1n) is 6.12. The first-order valence-corrected chi connectivity index (χ1v) is 6.12. The number of carbonyl (C=O) groups is 1. The fourth-order valence-electron chi connectivity index (χ4n) is 2.08. The minimum atomic E-state index is -0.547. The average Bonchev–Trinajstić information content (AvgIpc) is 2.29. The molecule has 7 heteroatoms. The number of nitrogens with one attached hydrogen (secondary N) is 2. The quantitative estimate of drug-likeness (QED) is 0.607. The summed E-state index contributed by atoms with van der Waals surface area (Å²) in [7, 11) is 0. The maximum absolute atomic E-state index is 11.6. The van der Waals surface area contributed by atoms with Crippen molar-refractivity contribution in [2.75, 3.05) is 11.1 Å². The number of H-pyrrole nitrogens is 1. The molecule has 2 rings (SSSR count). The molecule has 0 bridgehead atoms. The van der Waals surface area contributed by atoms with Crippen molar-refractivity contribution in [2.24, 2.45) is 5.73 Å². The first-order chi connectivity index (χ1) is 9.28. The van der Waals surface area contributed by atoms with E-state index in [0.29, 0.717) is 22.3 Å².